The van der Waals surface area contributed by atoms with Gasteiger partial charge in [0, 0.05) is 5.54 Å². The summed E-state index contributed by atoms with van der Waals surface area (Å²) in [4.78, 5) is 0. The second-order valence-electron chi connectivity index (χ2n) is 1.33. The molecule has 9 heavy (non-hydrogen) atoms. The minimum atomic E-state index is -4.14. The highest BCUT2D eigenvalue weighted by Crippen LogP contribution is 1.95. The molecule has 0 aliphatic heterocycles. The fraction of sp³-hybridized carbons (Fsp3) is 0.333. The van der Waals surface area contributed by atoms with Crippen LogP contribution in [0.3, 0.4) is 0 Å². The number of hydrogen-bond donors (Lipinski definition) is 2. The van der Waals surface area contributed by atoms with Crippen molar-refractivity contribution in [1.29, 1.82) is 0 Å². The quantitative estimate of drug-likeness (QED) is 0.470. The molecule has 0 aliphatic rings. The van der Waals surface area contributed by atoms with Crippen LogP contribution in [-0.4, -0.2) is 23.8 Å². The van der Waals surface area contributed by atoms with E-state index >= 15 is 0 Å². The zero-order valence-electron chi connectivity index (χ0n) is 4.28. The Kier molecular flexibility index (Phi) is 2.96. The van der Waals surface area contributed by atoms with E-state index < -0.39 is 21.6 Å². The zero-order chi connectivity index (χ0) is 7.49. The molecular weight excluding hydrogens is 168 g/mol. The molecule has 0 unspecified atom stereocenters. The lowest BCUT2D eigenvalue weighted by atomic mass is 10.7. The molecule has 54 valence electrons. The maximum Gasteiger partial charge on any atom is 0.272 e. The second kappa shape index (κ2) is 3.05. The van der Waals surface area contributed by atoms with E-state index in [0.717, 1.165) is 0 Å². The molecule has 0 aromatic heterocycles. The van der Waals surface area contributed by atoms with Gasteiger partial charge >= 0.3 is 0 Å². The van der Waals surface area contributed by atoms with E-state index in [1.165, 1.54) is 0 Å². The van der Waals surface area contributed by atoms with E-state index in [4.69, 9.17) is 21.3 Å². The lowest BCUT2D eigenvalue weighted by Crippen LogP contribution is -2.05. The highest BCUT2D eigenvalue weighted by Gasteiger charge is 2.06. The molecule has 0 radical (unpaired) electrons. The molecule has 0 aromatic rings. The van der Waals surface area contributed by atoms with Crippen molar-refractivity contribution in [3.8, 4) is 0 Å². The van der Waals surface area contributed by atoms with E-state index in [1.54, 1.807) is 0 Å². The monoisotopic (exact) mass is 172 g/mol. The molecule has 0 fully saturated rings. The lowest BCUT2D eigenvalue weighted by Gasteiger charge is -1.91. The van der Waals surface area contributed by atoms with Crippen LogP contribution >= 0.6 is 11.6 Å². The molecule has 2 N–H and O–H groups in total. The molecule has 0 spiro atoms. The maximum absolute atomic E-state index is 9.90. The van der Waals surface area contributed by atoms with Crippen LogP contribution in [0.25, 0.3) is 0 Å². The van der Waals surface area contributed by atoms with Gasteiger partial charge in [-0.25, -0.2) is 0 Å². The lowest BCUT2D eigenvalue weighted by molar-refractivity contribution is 0.406. The Morgan fingerprint density at radius 2 is 2.11 bits per heavy atom. The van der Waals surface area contributed by atoms with Crippen molar-refractivity contribution >= 4 is 21.7 Å². The molecule has 0 bridgehead atoms. The van der Waals surface area contributed by atoms with E-state index in [1.807, 2.05) is 0 Å². The van der Waals surface area contributed by atoms with Crippen molar-refractivity contribution in [1.82, 2.24) is 0 Å². The minimum absolute atomic E-state index is 0.584. The number of hydrogen-bond acceptors (Lipinski definition) is 3. The summed E-state index contributed by atoms with van der Waals surface area (Å²) in [6.07, 6.45) is 0. The van der Waals surface area contributed by atoms with Gasteiger partial charge in [0.15, 0.2) is 0 Å². The normalized spacial score (nSPS) is 13.8. The van der Waals surface area contributed by atoms with E-state index in [2.05, 4.69) is 0 Å². The van der Waals surface area contributed by atoms with Gasteiger partial charge in [-0.3, -0.25) is 4.55 Å². The van der Waals surface area contributed by atoms with Gasteiger partial charge in [0.1, 0.15) is 11.5 Å². The third kappa shape index (κ3) is 5.61. The second-order valence-corrected chi connectivity index (χ2v) is 3.00. The molecule has 0 rings (SSSR count). The molecular formula is C3H5ClO4S. The smallest absolute Gasteiger partial charge is 0.272 e. The summed E-state index contributed by atoms with van der Waals surface area (Å²) in [7, 11) is -4.14. The standard InChI is InChI=1S/C3H5ClO4S/c4-1-3(5)2-9(6,7)8/h1,5H,2H2,(H,6,7,8). The highest BCUT2D eigenvalue weighted by molar-refractivity contribution is 7.85. The molecule has 4 nitrogen and oxygen atoms in total. The van der Waals surface area contributed by atoms with Gasteiger partial charge in [0.05, 0.1) is 0 Å². The van der Waals surface area contributed by atoms with Crippen molar-refractivity contribution in [2.24, 2.45) is 0 Å². The van der Waals surface area contributed by atoms with Gasteiger partial charge in [-0.1, -0.05) is 11.6 Å². The largest absolute Gasteiger partial charge is 0.510 e. The molecule has 0 atom stereocenters. The Balaban J connectivity index is 4.07. The summed E-state index contributed by atoms with van der Waals surface area (Å²) >= 11 is 4.87. The van der Waals surface area contributed by atoms with Gasteiger partial charge in [-0.15, -0.1) is 0 Å². The van der Waals surface area contributed by atoms with Crippen LogP contribution in [0.15, 0.2) is 11.3 Å². The van der Waals surface area contributed by atoms with Crippen molar-refractivity contribution in [3.05, 3.63) is 11.3 Å². The van der Waals surface area contributed by atoms with Gasteiger partial charge in [-0.2, -0.15) is 8.42 Å². The maximum atomic E-state index is 9.90. The van der Waals surface area contributed by atoms with Crippen LogP contribution in [0.5, 0.6) is 0 Å². The van der Waals surface area contributed by atoms with Crippen molar-refractivity contribution in [2.75, 3.05) is 5.75 Å². The molecule has 0 saturated heterocycles. The summed E-state index contributed by atoms with van der Waals surface area (Å²) in [5, 5.41) is 8.38. The average Bonchev–Trinajstić information content (AvgIpc) is 1.62. The van der Waals surface area contributed by atoms with Crippen LogP contribution < -0.4 is 0 Å². The van der Waals surface area contributed by atoms with Crippen LogP contribution in [0, 0.1) is 0 Å². The van der Waals surface area contributed by atoms with Crippen LogP contribution in [0.2, 0.25) is 0 Å². The zero-order valence-corrected chi connectivity index (χ0v) is 5.85. The first kappa shape index (κ1) is 8.74. The third-order valence-corrected chi connectivity index (χ3v) is 1.37. The summed E-state index contributed by atoms with van der Waals surface area (Å²) in [6.45, 7) is 0. The predicted octanol–water partition coefficient (Wildman–Crippen LogP) is 0.512. The Hall–Kier alpha value is -0.260. The molecule has 0 heterocycles. The summed E-state index contributed by atoms with van der Waals surface area (Å²) < 4.78 is 27.8. The van der Waals surface area contributed by atoms with E-state index in [-0.39, 0.29) is 0 Å². The number of halogens is 1. The van der Waals surface area contributed by atoms with Gasteiger partial charge in [0.2, 0.25) is 0 Å². The van der Waals surface area contributed by atoms with Crippen LogP contribution in [-0.2, 0) is 10.1 Å². The van der Waals surface area contributed by atoms with Crippen LogP contribution in [0.4, 0.5) is 0 Å². The molecule has 6 heteroatoms. The van der Waals surface area contributed by atoms with Crippen LogP contribution in [0.1, 0.15) is 0 Å². The highest BCUT2D eigenvalue weighted by atomic mass is 35.5. The van der Waals surface area contributed by atoms with E-state index in [9.17, 15) is 8.42 Å². The summed E-state index contributed by atoms with van der Waals surface area (Å²) in [6, 6.07) is 0. The fourth-order valence-electron chi connectivity index (χ4n) is 0.218. The third-order valence-electron chi connectivity index (χ3n) is 0.456. The predicted molar refractivity (Wildman–Crippen MR) is 33.0 cm³/mol. The summed E-state index contributed by atoms with van der Waals surface area (Å²) in [5.74, 6) is -1.42. The van der Waals surface area contributed by atoms with Gasteiger partial charge in [-0.05, 0) is 0 Å². The Bertz CT molecular complexity index is 204. The van der Waals surface area contributed by atoms with Gasteiger partial charge < -0.3 is 5.11 Å². The number of aliphatic hydroxyl groups is 1. The Morgan fingerprint density at radius 1 is 1.67 bits per heavy atom. The molecule has 0 aliphatic carbocycles. The Labute approximate surface area is 57.5 Å². The number of aliphatic hydroxyl groups excluding tert-OH is 1. The van der Waals surface area contributed by atoms with Crippen molar-refractivity contribution < 1.29 is 18.1 Å². The number of rotatable bonds is 2. The van der Waals surface area contributed by atoms with Crippen molar-refractivity contribution in [2.45, 2.75) is 0 Å². The molecule has 0 aromatic carbocycles. The van der Waals surface area contributed by atoms with E-state index in [0.29, 0.717) is 5.54 Å². The minimum Gasteiger partial charge on any atom is -0.510 e. The topological polar surface area (TPSA) is 74.6 Å². The average molecular weight is 173 g/mol. The fourth-order valence-corrected chi connectivity index (χ4v) is 0.844. The first-order valence-electron chi connectivity index (χ1n) is 1.89. The summed E-state index contributed by atoms with van der Waals surface area (Å²) in [5.41, 5.74) is 0.674. The van der Waals surface area contributed by atoms with Crippen molar-refractivity contribution in [3.63, 3.8) is 0 Å². The molecule has 0 amide bonds. The molecule has 0 saturated carbocycles. The SMILES string of the molecule is O=S(=O)(O)CC(O)=CCl. The first-order chi connectivity index (χ1) is 3.95. The first-order valence-corrected chi connectivity index (χ1v) is 3.93. The van der Waals surface area contributed by atoms with Gasteiger partial charge in [0.25, 0.3) is 10.1 Å². The Morgan fingerprint density at radius 3 is 2.22 bits per heavy atom.